The van der Waals surface area contributed by atoms with E-state index in [9.17, 15) is 13.2 Å². The van der Waals surface area contributed by atoms with Crippen molar-refractivity contribution in [1.82, 2.24) is 5.32 Å². The Hall–Kier alpha value is -1.03. The molecule has 4 heteroatoms. The third-order valence-corrected chi connectivity index (χ3v) is 3.21. The molecular formula is C13H16F3N. The van der Waals surface area contributed by atoms with Crippen LogP contribution in [-0.2, 0) is 6.54 Å². The average Bonchev–Trinajstić information content (AvgIpc) is 2.61. The molecule has 1 unspecified atom stereocenters. The minimum absolute atomic E-state index is 0.0109. The van der Waals surface area contributed by atoms with Gasteiger partial charge in [-0.25, -0.2) is 13.2 Å². The van der Waals surface area contributed by atoms with Gasteiger partial charge in [-0.1, -0.05) is 18.2 Å². The second-order valence-corrected chi connectivity index (χ2v) is 4.69. The Kier molecular flexibility index (Phi) is 3.72. The third-order valence-electron chi connectivity index (χ3n) is 3.21. The van der Waals surface area contributed by atoms with E-state index in [4.69, 9.17) is 0 Å². The van der Waals surface area contributed by atoms with Crippen LogP contribution in [0.25, 0.3) is 0 Å². The molecule has 1 aliphatic carbocycles. The van der Waals surface area contributed by atoms with E-state index in [1.807, 2.05) is 0 Å². The van der Waals surface area contributed by atoms with E-state index in [1.165, 1.54) is 6.07 Å². The first-order chi connectivity index (χ1) is 8.07. The van der Waals surface area contributed by atoms with Gasteiger partial charge in [0.25, 0.3) is 0 Å². The van der Waals surface area contributed by atoms with Crippen molar-refractivity contribution in [3.05, 3.63) is 35.6 Å². The summed E-state index contributed by atoms with van der Waals surface area (Å²) in [5.74, 6) is -2.74. The first-order valence-corrected chi connectivity index (χ1v) is 5.89. The van der Waals surface area contributed by atoms with Crippen molar-refractivity contribution in [2.75, 3.05) is 6.54 Å². The number of alkyl halides is 2. The maximum Gasteiger partial charge on any atom is 0.248 e. The normalized spacial score (nSPS) is 22.9. The molecule has 0 aromatic heterocycles. The second kappa shape index (κ2) is 5.08. The highest BCUT2D eigenvalue weighted by molar-refractivity contribution is 5.16. The van der Waals surface area contributed by atoms with Gasteiger partial charge in [-0.15, -0.1) is 0 Å². The molecule has 1 saturated carbocycles. The molecule has 0 radical (unpaired) electrons. The fourth-order valence-corrected chi connectivity index (χ4v) is 2.27. The lowest BCUT2D eigenvalue weighted by molar-refractivity contribution is 0.00507. The fourth-order valence-electron chi connectivity index (χ4n) is 2.27. The van der Waals surface area contributed by atoms with Crippen LogP contribution in [0.5, 0.6) is 0 Å². The van der Waals surface area contributed by atoms with Crippen LogP contribution >= 0.6 is 0 Å². The molecule has 1 aromatic rings. The molecular weight excluding hydrogens is 227 g/mol. The largest absolute Gasteiger partial charge is 0.312 e. The standard InChI is InChI=1S/C13H16F3N/c14-12-4-2-1-3-11(12)9-17-8-10-5-6-13(15,16)7-10/h1-4,10,17H,5-9H2. The van der Waals surface area contributed by atoms with Gasteiger partial charge < -0.3 is 5.32 Å². The highest BCUT2D eigenvalue weighted by Crippen LogP contribution is 2.38. The number of hydrogen-bond donors (Lipinski definition) is 1. The quantitative estimate of drug-likeness (QED) is 0.855. The molecule has 1 nitrogen and oxygen atoms in total. The maximum atomic E-state index is 13.3. The van der Waals surface area contributed by atoms with E-state index in [1.54, 1.807) is 18.2 Å². The number of halogens is 3. The monoisotopic (exact) mass is 243 g/mol. The predicted octanol–water partition coefficient (Wildman–Crippen LogP) is 3.35. The van der Waals surface area contributed by atoms with Gasteiger partial charge >= 0.3 is 0 Å². The van der Waals surface area contributed by atoms with Crippen LogP contribution in [-0.4, -0.2) is 12.5 Å². The van der Waals surface area contributed by atoms with Gasteiger partial charge in [-0.2, -0.15) is 0 Å². The Labute approximate surface area is 99.0 Å². The molecule has 0 bridgehead atoms. The molecule has 1 aliphatic rings. The highest BCUT2D eigenvalue weighted by atomic mass is 19.3. The average molecular weight is 243 g/mol. The van der Waals surface area contributed by atoms with Crippen molar-refractivity contribution < 1.29 is 13.2 Å². The fraction of sp³-hybridized carbons (Fsp3) is 0.538. The van der Waals surface area contributed by atoms with Crippen LogP contribution in [0.1, 0.15) is 24.8 Å². The number of hydrogen-bond acceptors (Lipinski definition) is 1. The summed E-state index contributed by atoms with van der Waals surface area (Å²) in [6.45, 7) is 0.929. The SMILES string of the molecule is Fc1ccccc1CNCC1CCC(F)(F)C1. The van der Waals surface area contributed by atoms with Crippen LogP contribution in [0.15, 0.2) is 24.3 Å². The molecule has 2 rings (SSSR count). The Morgan fingerprint density at radius 1 is 1.29 bits per heavy atom. The number of rotatable bonds is 4. The Morgan fingerprint density at radius 3 is 2.71 bits per heavy atom. The van der Waals surface area contributed by atoms with Gasteiger partial charge in [0.1, 0.15) is 5.82 Å². The van der Waals surface area contributed by atoms with Crippen LogP contribution in [0, 0.1) is 11.7 Å². The maximum absolute atomic E-state index is 13.3. The van der Waals surface area contributed by atoms with E-state index in [0.29, 0.717) is 25.1 Å². The Morgan fingerprint density at radius 2 is 2.06 bits per heavy atom. The van der Waals surface area contributed by atoms with Crippen LogP contribution in [0.4, 0.5) is 13.2 Å². The van der Waals surface area contributed by atoms with Crippen molar-refractivity contribution >= 4 is 0 Å². The summed E-state index contributed by atoms with van der Waals surface area (Å²) in [7, 11) is 0. The van der Waals surface area contributed by atoms with E-state index >= 15 is 0 Å². The predicted molar refractivity (Wildman–Crippen MR) is 60.4 cm³/mol. The first-order valence-electron chi connectivity index (χ1n) is 5.89. The van der Waals surface area contributed by atoms with Gasteiger partial charge in [-0.3, -0.25) is 0 Å². The number of nitrogens with one attached hydrogen (secondary N) is 1. The van der Waals surface area contributed by atoms with E-state index in [-0.39, 0.29) is 24.6 Å². The van der Waals surface area contributed by atoms with Crippen molar-refractivity contribution in [2.45, 2.75) is 31.7 Å². The summed E-state index contributed by atoms with van der Waals surface area (Å²) in [5.41, 5.74) is 0.581. The van der Waals surface area contributed by atoms with Crippen molar-refractivity contribution in [3.8, 4) is 0 Å². The van der Waals surface area contributed by atoms with Crippen molar-refractivity contribution in [3.63, 3.8) is 0 Å². The molecule has 0 spiro atoms. The zero-order valence-electron chi connectivity index (χ0n) is 9.56. The van der Waals surface area contributed by atoms with Crippen LogP contribution < -0.4 is 5.32 Å². The van der Waals surface area contributed by atoms with Crippen molar-refractivity contribution in [2.24, 2.45) is 5.92 Å². The molecule has 94 valence electrons. The molecule has 0 aliphatic heterocycles. The summed E-state index contributed by atoms with van der Waals surface area (Å²) < 4.78 is 39.1. The van der Waals surface area contributed by atoms with Gasteiger partial charge in [0.05, 0.1) is 0 Å². The molecule has 0 saturated heterocycles. The zero-order chi connectivity index (χ0) is 12.3. The van der Waals surface area contributed by atoms with E-state index in [0.717, 1.165) is 0 Å². The van der Waals surface area contributed by atoms with Crippen LogP contribution in [0.2, 0.25) is 0 Å². The van der Waals surface area contributed by atoms with Gasteiger partial charge in [0.15, 0.2) is 0 Å². The van der Waals surface area contributed by atoms with Gasteiger partial charge in [-0.05, 0) is 24.9 Å². The summed E-state index contributed by atoms with van der Waals surface area (Å²) >= 11 is 0. The molecule has 1 atom stereocenters. The summed E-state index contributed by atoms with van der Waals surface area (Å²) in [4.78, 5) is 0. The van der Waals surface area contributed by atoms with E-state index < -0.39 is 5.92 Å². The lowest BCUT2D eigenvalue weighted by Crippen LogP contribution is -2.22. The number of benzene rings is 1. The highest BCUT2D eigenvalue weighted by Gasteiger charge is 2.38. The summed E-state index contributed by atoms with van der Waals surface area (Å²) in [6, 6.07) is 6.51. The minimum atomic E-state index is -2.50. The molecule has 0 heterocycles. The molecule has 1 fully saturated rings. The molecule has 0 amide bonds. The molecule has 1 N–H and O–H groups in total. The minimum Gasteiger partial charge on any atom is -0.312 e. The summed E-state index contributed by atoms with van der Waals surface area (Å²) in [6.07, 6.45) is 0.494. The summed E-state index contributed by atoms with van der Waals surface area (Å²) in [5, 5.41) is 3.05. The van der Waals surface area contributed by atoms with Gasteiger partial charge in [0.2, 0.25) is 5.92 Å². The van der Waals surface area contributed by atoms with Crippen molar-refractivity contribution in [1.29, 1.82) is 0 Å². The van der Waals surface area contributed by atoms with E-state index in [2.05, 4.69) is 5.32 Å². The van der Waals surface area contributed by atoms with Crippen LogP contribution in [0.3, 0.4) is 0 Å². The Balaban J connectivity index is 1.76. The third kappa shape index (κ3) is 3.46. The molecule has 1 aromatic carbocycles. The lowest BCUT2D eigenvalue weighted by Gasteiger charge is -2.12. The first kappa shape index (κ1) is 12.4. The Bertz CT molecular complexity index is 379. The van der Waals surface area contributed by atoms with Gasteiger partial charge in [0, 0.05) is 24.9 Å². The lowest BCUT2D eigenvalue weighted by atomic mass is 10.1. The molecule has 17 heavy (non-hydrogen) atoms. The zero-order valence-corrected chi connectivity index (χ0v) is 9.56. The second-order valence-electron chi connectivity index (χ2n) is 4.69. The topological polar surface area (TPSA) is 12.0 Å². The smallest absolute Gasteiger partial charge is 0.248 e.